The van der Waals surface area contributed by atoms with Gasteiger partial charge in [0, 0.05) is 61.3 Å². The van der Waals surface area contributed by atoms with Crippen molar-refractivity contribution in [1.82, 2.24) is 20.5 Å². The number of benzene rings is 2. The average molecular weight is 739 g/mol. The van der Waals surface area contributed by atoms with Crippen LogP contribution in [0.5, 0.6) is 11.5 Å². The molecule has 11 nitrogen and oxygen atoms in total. The first-order valence-electron chi connectivity index (χ1n) is 16.9. The van der Waals surface area contributed by atoms with Crippen molar-refractivity contribution >= 4 is 23.2 Å². The van der Waals surface area contributed by atoms with E-state index in [1.54, 1.807) is 31.3 Å². The monoisotopic (exact) mass is 737 g/mol. The van der Waals surface area contributed by atoms with Crippen LogP contribution in [-0.4, -0.2) is 76.3 Å². The number of hydrogen-bond donors (Lipinski definition) is 5. The molecule has 3 heterocycles. The van der Waals surface area contributed by atoms with Crippen molar-refractivity contribution in [2.24, 2.45) is 0 Å². The second-order valence-electron chi connectivity index (χ2n) is 13.1. The lowest BCUT2D eigenvalue weighted by molar-refractivity contribution is -0.0371. The van der Waals surface area contributed by atoms with Gasteiger partial charge in [-0.1, -0.05) is 41.4 Å². The largest absolute Gasteiger partial charge is 0.488 e. The molecule has 5 N–H and O–H groups in total. The van der Waals surface area contributed by atoms with Gasteiger partial charge in [-0.15, -0.1) is 0 Å². The molecule has 0 bridgehead atoms. The molecule has 13 heteroatoms. The van der Waals surface area contributed by atoms with Crippen LogP contribution in [0.2, 0.25) is 5.02 Å². The molecule has 3 aromatic rings. The third-order valence-electron chi connectivity index (χ3n) is 9.19. The number of ether oxygens (including phenoxy) is 3. The van der Waals surface area contributed by atoms with Gasteiger partial charge in [0.2, 0.25) is 5.72 Å². The van der Waals surface area contributed by atoms with Crippen molar-refractivity contribution in [1.29, 1.82) is 5.26 Å². The Morgan fingerprint density at radius 2 is 1.92 bits per heavy atom. The van der Waals surface area contributed by atoms with Crippen molar-refractivity contribution in [3.05, 3.63) is 111 Å². The van der Waals surface area contributed by atoms with Crippen molar-refractivity contribution in [3.63, 3.8) is 0 Å². The molecule has 0 amide bonds. The van der Waals surface area contributed by atoms with Gasteiger partial charge in [0.15, 0.2) is 0 Å². The maximum atomic E-state index is 9.88. The Balaban J connectivity index is 1.35. The van der Waals surface area contributed by atoms with Gasteiger partial charge < -0.3 is 45.1 Å². The van der Waals surface area contributed by atoms with Crippen LogP contribution in [0.4, 0.5) is 0 Å². The van der Waals surface area contributed by atoms with E-state index in [4.69, 9.17) is 37.4 Å². The molecular weight excluding hydrogens is 693 g/mol. The molecule has 2 aromatic carbocycles. The summed E-state index contributed by atoms with van der Waals surface area (Å²) < 4.78 is 19.1. The molecular formula is C38H45Cl2N5O6. The number of rotatable bonds is 17. The number of halogens is 2. The Kier molecular flexibility index (Phi) is 13.4. The molecule has 272 valence electrons. The summed E-state index contributed by atoms with van der Waals surface area (Å²) >= 11 is 13.6. The molecule has 0 saturated carbocycles. The Bertz CT molecular complexity index is 1760. The van der Waals surface area contributed by atoms with Crippen LogP contribution in [0.1, 0.15) is 53.1 Å². The van der Waals surface area contributed by atoms with E-state index < -0.39 is 11.3 Å². The van der Waals surface area contributed by atoms with Crippen molar-refractivity contribution in [3.8, 4) is 17.6 Å². The van der Waals surface area contributed by atoms with Crippen LogP contribution in [0.15, 0.2) is 72.2 Å². The Morgan fingerprint density at radius 1 is 1.12 bits per heavy atom. The summed E-state index contributed by atoms with van der Waals surface area (Å²) in [6.07, 6.45) is 9.90. The number of likely N-dealkylation sites (tertiary alicyclic amines) is 1. The van der Waals surface area contributed by atoms with Crippen LogP contribution in [0.3, 0.4) is 0 Å². The molecule has 0 radical (unpaired) electrons. The summed E-state index contributed by atoms with van der Waals surface area (Å²) in [7, 11) is 0. The minimum absolute atomic E-state index is 0.132. The zero-order chi connectivity index (χ0) is 36.4. The van der Waals surface area contributed by atoms with Crippen LogP contribution in [0, 0.1) is 18.3 Å². The first kappa shape index (κ1) is 38.5. The van der Waals surface area contributed by atoms with Gasteiger partial charge in [0.1, 0.15) is 30.8 Å². The number of allylic oxidation sites excluding steroid dienone is 2. The lowest BCUT2D eigenvalue weighted by Gasteiger charge is -2.37. The predicted molar refractivity (Wildman–Crippen MR) is 195 cm³/mol. The Labute approximate surface area is 309 Å². The first-order chi connectivity index (χ1) is 24.6. The number of aromatic nitrogens is 1. The van der Waals surface area contributed by atoms with E-state index >= 15 is 0 Å². The highest BCUT2D eigenvalue weighted by atomic mass is 35.5. The van der Waals surface area contributed by atoms with E-state index in [-0.39, 0.29) is 39.1 Å². The number of hydrogen-bond acceptors (Lipinski definition) is 11. The number of aliphatic hydroxyl groups is 3. The summed E-state index contributed by atoms with van der Waals surface area (Å²) in [5.74, 6) is 0.865. The first-order valence-corrected chi connectivity index (χ1v) is 17.7. The van der Waals surface area contributed by atoms with Crippen LogP contribution >= 0.6 is 23.2 Å². The summed E-state index contributed by atoms with van der Waals surface area (Å²) in [5.41, 5.74) is 2.48. The van der Waals surface area contributed by atoms with Crippen molar-refractivity contribution in [2.75, 3.05) is 39.5 Å². The second-order valence-corrected chi connectivity index (χ2v) is 13.9. The molecule has 2 aliphatic heterocycles. The van der Waals surface area contributed by atoms with Gasteiger partial charge in [-0.2, -0.15) is 5.26 Å². The molecule has 0 spiro atoms. The Hall–Kier alpha value is -3.70. The second kappa shape index (κ2) is 17.7. The number of β-amino-alcohol motifs (C(OH)–C–C–N with tert-alkyl or cyclic N) is 1. The third kappa shape index (κ3) is 9.60. The van der Waals surface area contributed by atoms with E-state index in [0.717, 1.165) is 42.6 Å². The number of nitrogens with zero attached hydrogens (tertiary/aromatic N) is 3. The standard InChI is InChI=1S/C38H45Cl2N5O6/c1-26-29(6-3-7-32(26)38(36(40)8-4-10-43-38)51-13-5-11-45-12-9-31(48)21-45)23-50-35-16-34(49-22-28-14-27(17-41)18-42-19-28)30(15-33(35)39)20-44-37(2,24-46)25-47/h3-4,6-8,10,14-16,18-19,31,43-44,46-48H,5,9,11-13,20-25H2,1-2H3/t31?,38-/m1/s1. The fourth-order valence-electron chi connectivity index (χ4n) is 6.00. The highest BCUT2D eigenvalue weighted by Gasteiger charge is 2.39. The average Bonchev–Trinajstić information content (AvgIpc) is 3.57. The van der Waals surface area contributed by atoms with Gasteiger partial charge >= 0.3 is 0 Å². The fraction of sp³-hybridized carbons (Fsp3) is 0.421. The van der Waals surface area contributed by atoms with E-state index in [1.807, 2.05) is 43.5 Å². The van der Waals surface area contributed by atoms with Gasteiger partial charge in [0.25, 0.3) is 0 Å². The number of pyridine rings is 1. The number of nitriles is 1. The van der Waals surface area contributed by atoms with Crippen LogP contribution in [0.25, 0.3) is 0 Å². The normalized spacial score (nSPS) is 19.0. The summed E-state index contributed by atoms with van der Waals surface area (Å²) in [6.45, 7) is 6.55. The molecule has 1 saturated heterocycles. The lowest BCUT2D eigenvalue weighted by Crippen LogP contribution is -2.48. The quantitative estimate of drug-likeness (QED) is 0.122. The third-order valence-corrected chi connectivity index (χ3v) is 9.88. The molecule has 1 unspecified atom stereocenters. The number of dihydropyridines is 1. The van der Waals surface area contributed by atoms with Crippen LogP contribution in [-0.2, 0) is 30.2 Å². The molecule has 2 aliphatic rings. The molecule has 51 heavy (non-hydrogen) atoms. The highest BCUT2D eigenvalue weighted by molar-refractivity contribution is 6.32. The van der Waals surface area contributed by atoms with E-state index in [2.05, 4.69) is 26.6 Å². The molecule has 5 rings (SSSR count). The maximum Gasteiger partial charge on any atom is 0.202 e. The number of aliphatic hydroxyl groups excluding tert-OH is 3. The minimum atomic E-state index is -1.08. The fourth-order valence-corrected chi connectivity index (χ4v) is 6.53. The predicted octanol–water partition coefficient (Wildman–Crippen LogP) is 4.77. The van der Waals surface area contributed by atoms with Gasteiger partial charge in [0.05, 0.1) is 47.1 Å². The zero-order valence-corrected chi connectivity index (χ0v) is 30.4. The summed E-state index contributed by atoms with van der Waals surface area (Å²) in [4.78, 5) is 6.36. The smallest absolute Gasteiger partial charge is 0.202 e. The van der Waals surface area contributed by atoms with Gasteiger partial charge in [-0.05, 0) is 68.3 Å². The molecule has 2 atom stereocenters. The van der Waals surface area contributed by atoms with E-state index in [1.165, 1.54) is 6.20 Å². The number of nitrogens with one attached hydrogen (secondary N) is 2. The molecule has 0 aliphatic carbocycles. The SMILES string of the molecule is Cc1c(COc2cc(OCc3cncc(C#N)c3)c(CNC(C)(CO)CO)cc2Cl)cccc1[C@]1(OCCCN2CCC(O)C2)NC=CC=C1Cl. The van der Waals surface area contributed by atoms with Gasteiger partial charge in [-0.3, -0.25) is 4.98 Å². The van der Waals surface area contributed by atoms with E-state index in [0.29, 0.717) is 51.4 Å². The minimum Gasteiger partial charge on any atom is -0.488 e. The van der Waals surface area contributed by atoms with Crippen LogP contribution < -0.4 is 20.1 Å². The van der Waals surface area contributed by atoms with Crippen molar-refractivity contribution < 1.29 is 29.5 Å². The summed E-state index contributed by atoms with van der Waals surface area (Å²) in [6, 6.07) is 13.1. The summed E-state index contributed by atoms with van der Waals surface area (Å²) in [5, 5.41) is 46.2. The molecule has 1 aromatic heterocycles. The zero-order valence-electron chi connectivity index (χ0n) is 28.9. The topological polar surface area (TPSA) is 152 Å². The maximum absolute atomic E-state index is 9.88. The molecule has 1 fully saturated rings. The van der Waals surface area contributed by atoms with Gasteiger partial charge in [-0.25, -0.2) is 0 Å². The Morgan fingerprint density at radius 3 is 2.65 bits per heavy atom. The lowest BCUT2D eigenvalue weighted by atomic mass is 9.92. The van der Waals surface area contributed by atoms with E-state index in [9.17, 15) is 20.6 Å². The van der Waals surface area contributed by atoms with Crippen molar-refractivity contribution in [2.45, 2.75) is 63.8 Å². The highest BCUT2D eigenvalue weighted by Crippen LogP contribution is 2.39.